The zero-order chi connectivity index (χ0) is 22.1. The van der Waals surface area contributed by atoms with Crippen LogP contribution in [0.15, 0.2) is 71.4 Å². The average molecular weight is 416 g/mol. The Morgan fingerprint density at radius 3 is 2.81 bits per heavy atom. The van der Waals surface area contributed by atoms with Crippen molar-refractivity contribution in [2.45, 2.75) is 46.6 Å². The minimum atomic E-state index is 0.711. The predicted molar refractivity (Wildman–Crippen MR) is 135 cm³/mol. The van der Waals surface area contributed by atoms with E-state index in [2.05, 4.69) is 78.6 Å². The van der Waals surface area contributed by atoms with E-state index in [9.17, 15) is 0 Å². The molecule has 3 N–H and O–H groups in total. The lowest BCUT2D eigenvalue weighted by Gasteiger charge is -2.16. The van der Waals surface area contributed by atoms with E-state index in [4.69, 9.17) is 4.98 Å². The fraction of sp³-hybridized carbons (Fsp3) is 0.308. The molecule has 0 radical (unpaired) electrons. The number of aromatic nitrogens is 1. The van der Waals surface area contributed by atoms with Crippen molar-refractivity contribution < 1.29 is 0 Å². The molecule has 0 saturated carbocycles. The Bertz CT molecular complexity index is 1000. The largest absolute Gasteiger partial charge is 0.382 e. The molecule has 1 aliphatic rings. The molecule has 0 bridgehead atoms. The summed E-state index contributed by atoms with van der Waals surface area (Å²) in [6.45, 7) is 11.6. The van der Waals surface area contributed by atoms with Gasteiger partial charge in [-0.25, -0.2) is 4.98 Å². The molecular formula is C26H33N5. The van der Waals surface area contributed by atoms with Crippen LogP contribution in [0, 0.1) is 0 Å². The summed E-state index contributed by atoms with van der Waals surface area (Å²) in [7, 11) is 0. The number of nitrogens with one attached hydrogen (secondary N) is 3. The van der Waals surface area contributed by atoms with E-state index in [0.29, 0.717) is 6.54 Å². The summed E-state index contributed by atoms with van der Waals surface area (Å²) < 4.78 is 0. The number of rotatable bonds is 10. The molecule has 2 heterocycles. The molecule has 1 aliphatic heterocycles. The maximum absolute atomic E-state index is 4.82. The van der Waals surface area contributed by atoms with Gasteiger partial charge in [0.2, 0.25) is 0 Å². The highest BCUT2D eigenvalue weighted by Crippen LogP contribution is 2.27. The number of allylic oxidation sites excluding steroid dienone is 5. The van der Waals surface area contributed by atoms with Crippen LogP contribution in [0.2, 0.25) is 0 Å². The molecule has 0 spiro atoms. The molecule has 0 amide bonds. The van der Waals surface area contributed by atoms with Gasteiger partial charge in [-0.2, -0.15) is 0 Å². The standard InChI is InChI=1S/C26H33N5/c1-5-9-20(6-2)16-19(4)30-25-14-13-24(27-7-3)26(31-25)29-18-21-11-12-23-22(17-21)10-8-15-28-23/h5,9,11-17,27H,1,6-8,10,18H2,2-4H3,(H2,29,30,31)/b19-16+,20-9-. The molecule has 1 aromatic carbocycles. The number of anilines is 3. The van der Waals surface area contributed by atoms with Gasteiger partial charge in [-0.1, -0.05) is 37.8 Å². The Hall–Kier alpha value is -3.34. The van der Waals surface area contributed by atoms with Crippen LogP contribution in [-0.4, -0.2) is 17.7 Å². The summed E-state index contributed by atoms with van der Waals surface area (Å²) in [5.74, 6) is 1.65. The molecule has 3 rings (SSSR count). The SMILES string of the molecule is C=C/C=C(\C=C(/C)Nc1ccc(NCC)c(NCc2ccc3c(c2)CCC=N3)n1)CC. The predicted octanol–water partition coefficient (Wildman–Crippen LogP) is 6.61. The number of aliphatic imine (C=N–C) groups is 1. The van der Waals surface area contributed by atoms with Gasteiger partial charge in [0.05, 0.1) is 11.4 Å². The van der Waals surface area contributed by atoms with E-state index < -0.39 is 0 Å². The van der Waals surface area contributed by atoms with Gasteiger partial charge in [-0.15, -0.1) is 0 Å². The van der Waals surface area contributed by atoms with E-state index in [-0.39, 0.29) is 0 Å². The van der Waals surface area contributed by atoms with Gasteiger partial charge in [0.25, 0.3) is 0 Å². The summed E-state index contributed by atoms with van der Waals surface area (Å²) in [5.41, 5.74) is 6.90. The Kier molecular flexibility index (Phi) is 8.05. The van der Waals surface area contributed by atoms with E-state index in [1.165, 1.54) is 16.7 Å². The molecule has 0 unspecified atom stereocenters. The first kappa shape index (κ1) is 22.3. The fourth-order valence-corrected chi connectivity index (χ4v) is 3.58. The van der Waals surface area contributed by atoms with Gasteiger partial charge in [0, 0.05) is 25.0 Å². The molecule has 0 atom stereocenters. The zero-order valence-corrected chi connectivity index (χ0v) is 18.8. The van der Waals surface area contributed by atoms with Crippen molar-refractivity contribution in [2.24, 2.45) is 4.99 Å². The number of hydrogen-bond acceptors (Lipinski definition) is 5. The van der Waals surface area contributed by atoms with E-state index in [0.717, 1.165) is 54.5 Å². The quantitative estimate of drug-likeness (QED) is 0.382. The van der Waals surface area contributed by atoms with Gasteiger partial charge in [-0.05, 0) is 74.1 Å². The van der Waals surface area contributed by atoms with Crippen LogP contribution < -0.4 is 16.0 Å². The second kappa shape index (κ2) is 11.2. The highest BCUT2D eigenvalue weighted by atomic mass is 15.1. The van der Waals surface area contributed by atoms with Crippen LogP contribution in [0.1, 0.15) is 44.7 Å². The first-order chi connectivity index (χ1) is 15.1. The van der Waals surface area contributed by atoms with Crippen molar-refractivity contribution >= 4 is 29.2 Å². The summed E-state index contributed by atoms with van der Waals surface area (Å²) in [4.78, 5) is 9.30. The zero-order valence-electron chi connectivity index (χ0n) is 18.8. The summed E-state index contributed by atoms with van der Waals surface area (Å²) in [6.07, 6.45) is 11.0. The maximum Gasteiger partial charge on any atom is 0.152 e. The molecule has 0 fully saturated rings. The van der Waals surface area contributed by atoms with Gasteiger partial charge in [-0.3, -0.25) is 4.99 Å². The lowest BCUT2D eigenvalue weighted by atomic mass is 10.0. The number of pyridine rings is 1. The summed E-state index contributed by atoms with van der Waals surface area (Å²) in [6, 6.07) is 10.6. The first-order valence-corrected chi connectivity index (χ1v) is 11.0. The third-order valence-corrected chi connectivity index (χ3v) is 5.11. The van der Waals surface area contributed by atoms with Crippen LogP contribution in [0.3, 0.4) is 0 Å². The number of aryl methyl sites for hydroxylation is 1. The van der Waals surface area contributed by atoms with Crippen molar-refractivity contribution in [1.82, 2.24) is 4.98 Å². The molecule has 162 valence electrons. The Balaban J connectivity index is 1.75. The highest BCUT2D eigenvalue weighted by Gasteiger charge is 2.09. The van der Waals surface area contributed by atoms with E-state index in [1.54, 1.807) is 0 Å². The first-order valence-electron chi connectivity index (χ1n) is 11.0. The number of benzene rings is 1. The van der Waals surface area contributed by atoms with Gasteiger partial charge in [0.1, 0.15) is 5.82 Å². The lowest BCUT2D eigenvalue weighted by molar-refractivity contribution is 1.01. The Morgan fingerprint density at radius 2 is 2.03 bits per heavy atom. The second-order valence-electron chi connectivity index (χ2n) is 7.57. The van der Waals surface area contributed by atoms with Crippen molar-refractivity contribution in [2.75, 3.05) is 22.5 Å². The van der Waals surface area contributed by atoms with Crippen LogP contribution in [-0.2, 0) is 13.0 Å². The van der Waals surface area contributed by atoms with Crippen molar-refractivity contribution in [1.29, 1.82) is 0 Å². The smallest absolute Gasteiger partial charge is 0.152 e. The normalized spacial score (nSPS) is 13.5. The molecular weight excluding hydrogens is 382 g/mol. The highest BCUT2D eigenvalue weighted by molar-refractivity contribution is 5.70. The molecule has 5 nitrogen and oxygen atoms in total. The third kappa shape index (κ3) is 6.32. The summed E-state index contributed by atoms with van der Waals surface area (Å²) in [5, 5.41) is 10.3. The molecule has 2 aromatic rings. The van der Waals surface area contributed by atoms with Crippen molar-refractivity contribution in [3.63, 3.8) is 0 Å². The number of fused-ring (bicyclic) bond motifs is 1. The van der Waals surface area contributed by atoms with Crippen molar-refractivity contribution in [3.05, 3.63) is 77.5 Å². The van der Waals surface area contributed by atoms with E-state index >= 15 is 0 Å². The monoisotopic (exact) mass is 415 g/mol. The van der Waals surface area contributed by atoms with Crippen LogP contribution in [0.25, 0.3) is 0 Å². The third-order valence-electron chi connectivity index (χ3n) is 5.11. The summed E-state index contributed by atoms with van der Waals surface area (Å²) >= 11 is 0. The average Bonchev–Trinajstić information content (AvgIpc) is 2.78. The second-order valence-corrected chi connectivity index (χ2v) is 7.57. The van der Waals surface area contributed by atoms with Crippen LogP contribution in [0.4, 0.5) is 23.0 Å². The lowest BCUT2D eigenvalue weighted by Crippen LogP contribution is -2.09. The topological polar surface area (TPSA) is 61.3 Å². The molecule has 5 heteroatoms. The van der Waals surface area contributed by atoms with Crippen molar-refractivity contribution in [3.8, 4) is 0 Å². The maximum atomic E-state index is 4.82. The minimum Gasteiger partial charge on any atom is -0.382 e. The van der Waals surface area contributed by atoms with Gasteiger partial charge >= 0.3 is 0 Å². The van der Waals surface area contributed by atoms with Crippen LogP contribution in [0.5, 0.6) is 0 Å². The van der Waals surface area contributed by atoms with E-state index in [1.807, 2.05) is 24.4 Å². The van der Waals surface area contributed by atoms with Crippen LogP contribution >= 0.6 is 0 Å². The number of nitrogens with zero attached hydrogens (tertiary/aromatic N) is 2. The van der Waals surface area contributed by atoms with Gasteiger partial charge < -0.3 is 16.0 Å². The molecule has 0 saturated heterocycles. The molecule has 0 aliphatic carbocycles. The van der Waals surface area contributed by atoms with Gasteiger partial charge in [0.15, 0.2) is 5.82 Å². The minimum absolute atomic E-state index is 0.711. The number of hydrogen-bond donors (Lipinski definition) is 3. The fourth-order valence-electron chi connectivity index (χ4n) is 3.58. The Morgan fingerprint density at radius 1 is 1.16 bits per heavy atom. The Labute approximate surface area is 186 Å². The molecule has 31 heavy (non-hydrogen) atoms. The molecule has 1 aromatic heterocycles.